The average Bonchev–Trinajstić information content (AvgIpc) is 2.64. The minimum Gasteiger partial charge on any atom is -0.455 e. The molecule has 0 saturated carbocycles. The molecule has 2 aromatic rings. The van der Waals surface area contributed by atoms with Gasteiger partial charge in [0.15, 0.2) is 14.6 Å². The molecule has 1 aromatic heterocycles. The second kappa shape index (κ2) is 7.66. The van der Waals surface area contributed by atoms with Crippen LogP contribution in [0.25, 0.3) is 0 Å². The number of carbonyl (C=O) groups excluding carboxylic acids is 1. The molecule has 1 fully saturated rings. The van der Waals surface area contributed by atoms with Crippen molar-refractivity contribution in [1.29, 1.82) is 0 Å². The Morgan fingerprint density at radius 2 is 2.00 bits per heavy atom. The number of pyridine rings is 1. The lowest BCUT2D eigenvalue weighted by Crippen LogP contribution is -2.55. The maximum absolute atomic E-state index is 12.9. The van der Waals surface area contributed by atoms with Crippen molar-refractivity contribution >= 4 is 21.4 Å². The van der Waals surface area contributed by atoms with Crippen molar-refractivity contribution in [3.8, 4) is 11.5 Å². The molecule has 2 heterocycles. The maximum atomic E-state index is 12.9. The van der Waals surface area contributed by atoms with Crippen LogP contribution in [0.15, 0.2) is 42.7 Å². The number of carbonyl (C=O) groups is 1. The first-order valence-electron chi connectivity index (χ1n) is 8.72. The van der Waals surface area contributed by atoms with Crippen molar-refractivity contribution in [3.05, 3.63) is 48.3 Å². The Morgan fingerprint density at radius 1 is 1.26 bits per heavy atom. The van der Waals surface area contributed by atoms with Crippen molar-refractivity contribution in [1.82, 2.24) is 10.3 Å². The van der Waals surface area contributed by atoms with E-state index in [1.165, 1.54) is 0 Å². The summed E-state index contributed by atoms with van der Waals surface area (Å²) in [5.74, 6) is 0.774. The summed E-state index contributed by atoms with van der Waals surface area (Å²) in [5, 5.41) is 5.88. The Morgan fingerprint density at radius 3 is 2.59 bits per heavy atom. The number of nitrogens with one attached hydrogen (secondary N) is 2. The molecular formula is C19H23N3O4S. The summed E-state index contributed by atoms with van der Waals surface area (Å²) in [7, 11) is -3.55. The predicted molar refractivity (Wildman–Crippen MR) is 104 cm³/mol. The van der Waals surface area contributed by atoms with Crippen molar-refractivity contribution < 1.29 is 17.9 Å². The summed E-state index contributed by atoms with van der Waals surface area (Å²) >= 11 is 0. The van der Waals surface area contributed by atoms with Gasteiger partial charge in [-0.05, 0) is 68.8 Å². The van der Waals surface area contributed by atoms with Gasteiger partial charge in [-0.25, -0.2) is 8.42 Å². The molecule has 7 nitrogen and oxygen atoms in total. The van der Waals surface area contributed by atoms with E-state index in [0.29, 0.717) is 30.3 Å². The standard InChI is InChI=1S/C19H23N3O4S/c1-14-12-15(5-6-17(14)26-16-4-3-9-21-13-16)22-18(23)19(27(2,24)25)7-10-20-11-8-19/h3-6,9,12-13,20H,7-8,10-11H2,1-2H3,(H,22,23). The molecule has 0 atom stereocenters. The molecule has 0 unspecified atom stereocenters. The highest BCUT2D eigenvalue weighted by Crippen LogP contribution is 2.31. The third-order valence-corrected chi connectivity index (χ3v) is 6.84. The summed E-state index contributed by atoms with van der Waals surface area (Å²) in [4.78, 5) is 16.9. The summed E-state index contributed by atoms with van der Waals surface area (Å²) < 4.78 is 29.1. The first-order valence-corrected chi connectivity index (χ1v) is 10.6. The highest BCUT2D eigenvalue weighted by atomic mass is 32.2. The Hall–Kier alpha value is -2.45. The number of piperidine rings is 1. The quantitative estimate of drug-likeness (QED) is 0.814. The Bertz CT molecular complexity index is 923. The van der Waals surface area contributed by atoms with Crippen LogP contribution in [0.2, 0.25) is 0 Å². The molecule has 1 aliphatic heterocycles. The topological polar surface area (TPSA) is 97.4 Å². The zero-order valence-electron chi connectivity index (χ0n) is 15.4. The number of ether oxygens (including phenoxy) is 1. The first kappa shape index (κ1) is 19.3. The summed E-state index contributed by atoms with van der Waals surface area (Å²) in [5.41, 5.74) is 1.35. The second-order valence-electron chi connectivity index (χ2n) is 6.74. The van der Waals surface area contributed by atoms with Crippen LogP contribution in [0.1, 0.15) is 18.4 Å². The minimum atomic E-state index is -3.55. The molecule has 3 rings (SSSR count). The highest BCUT2D eigenvalue weighted by molar-refractivity contribution is 7.92. The van der Waals surface area contributed by atoms with E-state index in [9.17, 15) is 13.2 Å². The fourth-order valence-electron chi connectivity index (χ4n) is 3.22. The van der Waals surface area contributed by atoms with Gasteiger partial charge in [0, 0.05) is 18.1 Å². The van der Waals surface area contributed by atoms with E-state index in [1.807, 2.05) is 6.92 Å². The normalized spacial score (nSPS) is 16.5. The monoisotopic (exact) mass is 389 g/mol. The van der Waals surface area contributed by atoms with E-state index in [2.05, 4.69) is 15.6 Å². The van der Waals surface area contributed by atoms with Gasteiger partial charge in [-0.2, -0.15) is 0 Å². The molecule has 0 aliphatic carbocycles. The van der Waals surface area contributed by atoms with E-state index in [4.69, 9.17) is 4.74 Å². The van der Waals surface area contributed by atoms with Gasteiger partial charge >= 0.3 is 0 Å². The SMILES string of the molecule is Cc1cc(NC(=O)C2(S(C)(=O)=O)CCNCC2)ccc1Oc1cccnc1. The van der Waals surface area contributed by atoms with Gasteiger partial charge in [0.2, 0.25) is 5.91 Å². The lowest BCUT2D eigenvalue weighted by atomic mass is 9.95. The molecule has 0 radical (unpaired) electrons. The van der Waals surface area contributed by atoms with Crippen molar-refractivity contribution in [2.75, 3.05) is 24.7 Å². The number of benzene rings is 1. The van der Waals surface area contributed by atoms with Crippen LogP contribution in [0, 0.1) is 6.92 Å². The molecule has 8 heteroatoms. The Kier molecular flexibility index (Phi) is 5.48. The predicted octanol–water partition coefficient (Wildman–Crippen LogP) is 2.29. The number of rotatable bonds is 5. The second-order valence-corrected chi connectivity index (χ2v) is 9.07. The van der Waals surface area contributed by atoms with E-state index < -0.39 is 20.5 Å². The number of hydrogen-bond acceptors (Lipinski definition) is 6. The molecule has 144 valence electrons. The van der Waals surface area contributed by atoms with Gasteiger partial charge in [0.1, 0.15) is 11.5 Å². The fourth-order valence-corrected chi connectivity index (χ4v) is 4.55. The van der Waals surface area contributed by atoms with Crippen LogP contribution in [-0.4, -0.2) is 43.4 Å². The number of hydrogen-bond donors (Lipinski definition) is 2. The summed E-state index contributed by atoms with van der Waals surface area (Å²) in [6, 6.07) is 8.79. The Balaban J connectivity index is 1.79. The lowest BCUT2D eigenvalue weighted by molar-refractivity contribution is -0.119. The third-order valence-electron chi connectivity index (χ3n) is 4.83. The van der Waals surface area contributed by atoms with E-state index in [0.717, 1.165) is 11.8 Å². The molecule has 2 N–H and O–H groups in total. The lowest BCUT2D eigenvalue weighted by Gasteiger charge is -2.34. The number of sulfone groups is 1. The maximum Gasteiger partial charge on any atom is 0.245 e. The third kappa shape index (κ3) is 4.12. The van der Waals surface area contributed by atoms with Crippen LogP contribution < -0.4 is 15.4 Å². The molecule has 1 amide bonds. The number of amides is 1. The highest BCUT2D eigenvalue weighted by Gasteiger charge is 2.48. The molecule has 27 heavy (non-hydrogen) atoms. The molecule has 0 bridgehead atoms. The summed E-state index contributed by atoms with van der Waals surface area (Å²) in [6.45, 7) is 2.85. The van der Waals surface area contributed by atoms with Crippen LogP contribution in [-0.2, 0) is 14.6 Å². The van der Waals surface area contributed by atoms with E-state index in [-0.39, 0.29) is 12.8 Å². The van der Waals surface area contributed by atoms with E-state index >= 15 is 0 Å². The minimum absolute atomic E-state index is 0.263. The van der Waals surface area contributed by atoms with Gasteiger partial charge in [0.25, 0.3) is 0 Å². The zero-order valence-corrected chi connectivity index (χ0v) is 16.2. The van der Waals surface area contributed by atoms with Crippen LogP contribution >= 0.6 is 0 Å². The number of anilines is 1. The van der Waals surface area contributed by atoms with Gasteiger partial charge < -0.3 is 15.4 Å². The Labute approximate surface area is 159 Å². The van der Waals surface area contributed by atoms with Crippen LogP contribution in [0.5, 0.6) is 11.5 Å². The van der Waals surface area contributed by atoms with Crippen molar-refractivity contribution in [3.63, 3.8) is 0 Å². The number of nitrogens with zero attached hydrogens (tertiary/aromatic N) is 1. The van der Waals surface area contributed by atoms with Crippen LogP contribution in [0.3, 0.4) is 0 Å². The van der Waals surface area contributed by atoms with Crippen LogP contribution in [0.4, 0.5) is 5.69 Å². The fraction of sp³-hybridized carbons (Fsp3) is 0.368. The average molecular weight is 389 g/mol. The molecule has 1 saturated heterocycles. The molecular weight excluding hydrogens is 366 g/mol. The molecule has 1 aliphatic rings. The van der Waals surface area contributed by atoms with Crippen molar-refractivity contribution in [2.45, 2.75) is 24.5 Å². The van der Waals surface area contributed by atoms with Gasteiger partial charge in [-0.3, -0.25) is 9.78 Å². The van der Waals surface area contributed by atoms with Gasteiger partial charge in [-0.1, -0.05) is 0 Å². The molecule has 0 spiro atoms. The molecule has 1 aromatic carbocycles. The zero-order chi connectivity index (χ0) is 19.5. The smallest absolute Gasteiger partial charge is 0.245 e. The largest absolute Gasteiger partial charge is 0.455 e. The van der Waals surface area contributed by atoms with Crippen molar-refractivity contribution in [2.24, 2.45) is 0 Å². The summed E-state index contributed by atoms with van der Waals surface area (Å²) in [6.07, 6.45) is 4.94. The van der Waals surface area contributed by atoms with Gasteiger partial charge in [0.05, 0.1) is 6.20 Å². The number of aromatic nitrogens is 1. The van der Waals surface area contributed by atoms with E-state index in [1.54, 1.807) is 42.7 Å². The first-order chi connectivity index (χ1) is 12.8. The number of aryl methyl sites for hydroxylation is 1. The van der Waals surface area contributed by atoms with Gasteiger partial charge in [-0.15, -0.1) is 0 Å².